The monoisotopic (exact) mass is 227 g/mol. The molecule has 88 valence electrons. The maximum absolute atomic E-state index is 4.66. The van der Waals surface area contributed by atoms with Crippen LogP contribution in [0.4, 0.5) is 0 Å². The molecule has 0 spiro atoms. The Morgan fingerprint density at radius 3 is 2.94 bits per heavy atom. The minimum absolute atomic E-state index is 0.936. The van der Waals surface area contributed by atoms with Crippen molar-refractivity contribution in [3.63, 3.8) is 0 Å². The van der Waals surface area contributed by atoms with Gasteiger partial charge in [-0.15, -0.1) is 0 Å². The summed E-state index contributed by atoms with van der Waals surface area (Å²) >= 11 is 0. The molecule has 1 aliphatic rings. The van der Waals surface area contributed by atoms with Crippen LogP contribution in [-0.4, -0.2) is 16.3 Å². The van der Waals surface area contributed by atoms with Crippen molar-refractivity contribution >= 4 is 0 Å². The van der Waals surface area contributed by atoms with Crippen LogP contribution < -0.4 is 5.32 Å². The summed E-state index contributed by atoms with van der Waals surface area (Å²) in [5.41, 5.74) is 5.36. The van der Waals surface area contributed by atoms with Gasteiger partial charge in [0.1, 0.15) is 0 Å². The third-order valence-corrected chi connectivity index (χ3v) is 3.41. The van der Waals surface area contributed by atoms with E-state index < -0.39 is 0 Å². The van der Waals surface area contributed by atoms with Crippen molar-refractivity contribution in [2.75, 3.05) is 6.54 Å². The summed E-state index contributed by atoms with van der Waals surface area (Å²) in [5.74, 6) is 0. The predicted octanol–water partition coefficient (Wildman–Crippen LogP) is 1.66. The zero-order valence-corrected chi connectivity index (χ0v) is 10.1. The standard InChI is InChI=1S/C14H17N3/c1-17-14-7-8-15-10-12(14)13(16-17)9-11-5-3-2-4-6-11/h2-6,15H,7-10H2,1H3. The van der Waals surface area contributed by atoms with E-state index in [1.807, 2.05) is 0 Å². The highest BCUT2D eigenvalue weighted by Gasteiger charge is 2.18. The Kier molecular flexibility index (Phi) is 2.69. The summed E-state index contributed by atoms with van der Waals surface area (Å²) in [7, 11) is 2.05. The first-order valence-electron chi connectivity index (χ1n) is 6.13. The van der Waals surface area contributed by atoms with Crippen LogP contribution in [0.3, 0.4) is 0 Å². The molecule has 3 heteroatoms. The Morgan fingerprint density at radius 1 is 1.29 bits per heavy atom. The van der Waals surface area contributed by atoms with Gasteiger partial charge in [0.25, 0.3) is 0 Å². The molecule has 0 saturated carbocycles. The zero-order chi connectivity index (χ0) is 11.7. The van der Waals surface area contributed by atoms with Gasteiger partial charge in [0.15, 0.2) is 0 Å². The van der Waals surface area contributed by atoms with E-state index in [-0.39, 0.29) is 0 Å². The maximum atomic E-state index is 4.66. The molecule has 0 saturated heterocycles. The minimum atomic E-state index is 0.936. The normalized spacial score (nSPS) is 14.6. The molecule has 1 aliphatic heterocycles. The molecule has 0 bridgehead atoms. The lowest BCUT2D eigenvalue weighted by molar-refractivity contribution is 0.604. The van der Waals surface area contributed by atoms with Crippen molar-refractivity contribution in [3.05, 3.63) is 52.8 Å². The molecule has 0 aliphatic carbocycles. The predicted molar refractivity (Wildman–Crippen MR) is 67.9 cm³/mol. The van der Waals surface area contributed by atoms with Gasteiger partial charge in [0.05, 0.1) is 5.69 Å². The number of benzene rings is 1. The summed E-state index contributed by atoms with van der Waals surface area (Å²) in [6.45, 7) is 2.03. The Balaban J connectivity index is 1.93. The van der Waals surface area contributed by atoms with Gasteiger partial charge in [0.2, 0.25) is 0 Å². The highest BCUT2D eigenvalue weighted by Crippen LogP contribution is 2.20. The summed E-state index contributed by atoms with van der Waals surface area (Å²) < 4.78 is 2.05. The Bertz CT molecular complexity index is 514. The first kappa shape index (κ1) is 10.5. The fourth-order valence-corrected chi connectivity index (χ4v) is 2.53. The van der Waals surface area contributed by atoms with Crippen LogP contribution in [0, 0.1) is 0 Å². The van der Waals surface area contributed by atoms with Crippen molar-refractivity contribution in [1.82, 2.24) is 15.1 Å². The molecular formula is C14H17N3. The van der Waals surface area contributed by atoms with Gasteiger partial charge in [-0.3, -0.25) is 4.68 Å². The van der Waals surface area contributed by atoms with Crippen LogP contribution in [0.2, 0.25) is 0 Å². The largest absolute Gasteiger partial charge is 0.312 e. The summed E-state index contributed by atoms with van der Waals surface area (Å²) in [6, 6.07) is 10.6. The third-order valence-electron chi connectivity index (χ3n) is 3.41. The molecule has 17 heavy (non-hydrogen) atoms. The molecule has 0 radical (unpaired) electrons. The highest BCUT2D eigenvalue weighted by atomic mass is 15.3. The summed E-state index contributed by atoms with van der Waals surface area (Å²) in [5, 5.41) is 8.09. The molecule has 1 N–H and O–H groups in total. The van der Waals surface area contributed by atoms with Gasteiger partial charge in [-0.25, -0.2) is 0 Å². The van der Waals surface area contributed by atoms with Crippen molar-refractivity contribution in [3.8, 4) is 0 Å². The smallest absolute Gasteiger partial charge is 0.0716 e. The number of aromatic nitrogens is 2. The average Bonchev–Trinajstić information content (AvgIpc) is 2.69. The second-order valence-electron chi connectivity index (χ2n) is 4.58. The lowest BCUT2D eigenvalue weighted by atomic mass is 10.0. The first-order chi connectivity index (χ1) is 8.34. The van der Waals surface area contributed by atoms with Gasteiger partial charge < -0.3 is 5.32 Å². The van der Waals surface area contributed by atoms with Gasteiger partial charge in [-0.2, -0.15) is 5.10 Å². The molecule has 1 aromatic carbocycles. The quantitative estimate of drug-likeness (QED) is 0.845. The number of aryl methyl sites for hydroxylation is 1. The van der Waals surface area contributed by atoms with E-state index >= 15 is 0 Å². The fourth-order valence-electron chi connectivity index (χ4n) is 2.53. The summed E-state index contributed by atoms with van der Waals surface area (Å²) in [6.07, 6.45) is 2.03. The Morgan fingerprint density at radius 2 is 2.12 bits per heavy atom. The average molecular weight is 227 g/mol. The number of nitrogens with zero attached hydrogens (tertiary/aromatic N) is 2. The van der Waals surface area contributed by atoms with E-state index in [1.165, 1.54) is 22.5 Å². The highest BCUT2D eigenvalue weighted by molar-refractivity contribution is 5.32. The molecular weight excluding hydrogens is 210 g/mol. The maximum Gasteiger partial charge on any atom is 0.0716 e. The molecule has 0 atom stereocenters. The van der Waals surface area contributed by atoms with E-state index in [1.54, 1.807) is 0 Å². The first-order valence-corrected chi connectivity index (χ1v) is 6.13. The Labute approximate surface area is 101 Å². The van der Waals surface area contributed by atoms with Crippen molar-refractivity contribution < 1.29 is 0 Å². The van der Waals surface area contributed by atoms with E-state index in [9.17, 15) is 0 Å². The van der Waals surface area contributed by atoms with Crippen LogP contribution in [0.1, 0.15) is 22.5 Å². The van der Waals surface area contributed by atoms with Crippen LogP contribution in [0.5, 0.6) is 0 Å². The number of fused-ring (bicyclic) bond motifs is 1. The van der Waals surface area contributed by atoms with Crippen LogP contribution in [0.25, 0.3) is 0 Å². The molecule has 1 aromatic heterocycles. The Hall–Kier alpha value is -1.61. The van der Waals surface area contributed by atoms with E-state index in [4.69, 9.17) is 0 Å². The number of hydrogen-bond acceptors (Lipinski definition) is 2. The van der Waals surface area contributed by atoms with E-state index in [0.717, 1.165) is 25.9 Å². The molecule has 0 fully saturated rings. The van der Waals surface area contributed by atoms with Crippen LogP contribution >= 0.6 is 0 Å². The number of nitrogens with one attached hydrogen (secondary N) is 1. The van der Waals surface area contributed by atoms with Gasteiger partial charge in [-0.05, 0) is 5.56 Å². The number of hydrogen-bond donors (Lipinski definition) is 1. The molecule has 0 amide bonds. The van der Waals surface area contributed by atoms with E-state index in [2.05, 4.69) is 52.5 Å². The minimum Gasteiger partial charge on any atom is -0.312 e. The summed E-state index contributed by atoms with van der Waals surface area (Å²) in [4.78, 5) is 0. The fraction of sp³-hybridized carbons (Fsp3) is 0.357. The third kappa shape index (κ3) is 1.98. The lowest BCUT2D eigenvalue weighted by Gasteiger charge is -2.14. The van der Waals surface area contributed by atoms with Gasteiger partial charge >= 0.3 is 0 Å². The zero-order valence-electron chi connectivity index (χ0n) is 10.1. The second-order valence-corrected chi connectivity index (χ2v) is 4.58. The SMILES string of the molecule is Cn1nc(Cc2ccccc2)c2c1CCNC2. The van der Waals surface area contributed by atoms with Gasteiger partial charge in [0, 0.05) is 44.2 Å². The van der Waals surface area contributed by atoms with Crippen molar-refractivity contribution in [2.45, 2.75) is 19.4 Å². The molecule has 3 nitrogen and oxygen atoms in total. The van der Waals surface area contributed by atoms with Gasteiger partial charge in [-0.1, -0.05) is 30.3 Å². The molecule has 2 aromatic rings. The van der Waals surface area contributed by atoms with Crippen molar-refractivity contribution in [2.24, 2.45) is 7.05 Å². The molecule has 3 rings (SSSR count). The number of rotatable bonds is 2. The molecule has 2 heterocycles. The lowest BCUT2D eigenvalue weighted by Crippen LogP contribution is -2.24. The van der Waals surface area contributed by atoms with Crippen molar-refractivity contribution in [1.29, 1.82) is 0 Å². The topological polar surface area (TPSA) is 29.9 Å². The van der Waals surface area contributed by atoms with Crippen LogP contribution in [0.15, 0.2) is 30.3 Å². The van der Waals surface area contributed by atoms with Crippen LogP contribution in [-0.2, 0) is 26.4 Å². The molecule has 0 unspecified atom stereocenters. The second kappa shape index (κ2) is 4.34. The van der Waals surface area contributed by atoms with E-state index in [0.29, 0.717) is 0 Å².